The fourth-order valence-electron chi connectivity index (χ4n) is 3.20. The van der Waals surface area contributed by atoms with Crippen molar-refractivity contribution in [2.75, 3.05) is 7.11 Å². The molecular weight excluding hydrogens is 278 g/mol. The van der Waals surface area contributed by atoms with Crippen molar-refractivity contribution < 1.29 is 9.53 Å². The van der Waals surface area contributed by atoms with Crippen LogP contribution in [0.15, 0.2) is 18.3 Å². The third-order valence-corrected chi connectivity index (χ3v) is 4.61. The van der Waals surface area contributed by atoms with Crippen LogP contribution < -0.4 is 5.73 Å². The summed E-state index contributed by atoms with van der Waals surface area (Å²) in [4.78, 5) is 14.2. The fourth-order valence-corrected chi connectivity index (χ4v) is 3.20. The average molecular weight is 301 g/mol. The number of aryl methyl sites for hydroxylation is 1. The van der Waals surface area contributed by atoms with Gasteiger partial charge < -0.3 is 15.0 Å². The molecule has 22 heavy (non-hydrogen) atoms. The van der Waals surface area contributed by atoms with E-state index in [1.54, 1.807) is 0 Å². The molecule has 0 bridgehead atoms. The lowest BCUT2D eigenvalue weighted by Gasteiger charge is -2.18. The van der Waals surface area contributed by atoms with E-state index in [2.05, 4.69) is 30.9 Å². The molecule has 0 fully saturated rings. The van der Waals surface area contributed by atoms with Crippen molar-refractivity contribution >= 4 is 16.9 Å². The molecular formula is C17H23N3O2. The quantitative estimate of drug-likeness (QED) is 0.882. The summed E-state index contributed by atoms with van der Waals surface area (Å²) in [7, 11) is 3.35. The van der Waals surface area contributed by atoms with Gasteiger partial charge in [0.15, 0.2) is 0 Å². The predicted octanol–water partition coefficient (Wildman–Crippen LogP) is 2.08. The fraction of sp³-hybridized carbons (Fsp3) is 0.471. The minimum atomic E-state index is -0.741. The molecule has 1 unspecified atom stereocenters. The predicted molar refractivity (Wildman–Crippen MR) is 86.2 cm³/mol. The Morgan fingerprint density at radius 1 is 1.27 bits per heavy atom. The van der Waals surface area contributed by atoms with E-state index in [0.29, 0.717) is 6.04 Å². The van der Waals surface area contributed by atoms with Crippen molar-refractivity contribution in [1.29, 1.82) is 0 Å². The largest absolute Gasteiger partial charge is 0.468 e. The van der Waals surface area contributed by atoms with E-state index in [-0.39, 0.29) is 0 Å². The zero-order valence-electron chi connectivity index (χ0n) is 13.6. The van der Waals surface area contributed by atoms with Gasteiger partial charge in [0, 0.05) is 48.8 Å². The highest BCUT2D eigenvalue weighted by Gasteiger charge is 2.25. The van der Waals surface area contributed by atoms with Crippen LogP contribution in [0.2, 0.25) is 0 Å². The van der Waals surface area contributed by atoms with Gasteiger partial charge in [-0.1, -0.05) is 0 Å². The van der Waals surface area contributed by atoms with Gasteiger partial charge in [0.2, 0.25) is 0 Å². The first-order valence-electron chi connectivity index (χ1n) is 7.60. The zero-order valence-corrected chi connectivity index (χ0v) is 13.6. The van der Waals surface area contributed by atoms with Gasteiger partial charge in [0.25, 0.3) is 0 Å². The molecule has 3 rings (SSSR count). The zero-order chi connectivity index (χ0) is 16.0. The van der Waals surface area contributed by atoms with Crippen LogP contribution in [-0.2, 0) is 29.7 Å². The van der Waals surface area contributed by atoms with Gasteiger partial charge >= 0.3 is 5.97 Å². The number of aromatic nitrogens is 1. The number of rotatable bonds is 3. The number of carbonyl (C=O) groups excluding carboxylic acids is 1. The van der Waals surface area contributed by atoms with E-state index in [1.807, 2.05) is 17.8 Å². The molecule has 1 aliphatic rings. The maximum atomic E-state index is 11.8. The monoisotopic (exact) mass is 301 g/mol. The van der Waals surface area contributed by atoms with Gasteiger partial charge in [-0.05, 0) is 37.1 Å². The van der Waals surface area contributed by atoms with Crippen molar-refractivity contribution in [3.05, 3.63) is 35.0 Å². The van der Waals surface area contributed by atoms with Crippen molar-refractivity contribution in [3.8, 4) is 0 Å². The number of methoxy groups -OCH3 is 1. The topological polar surface area (TPSA) is 60.5 Å². The third kappa shape index (κ3) is 2.30. The smallest absolute Gasteiger partial charge is 0.327 e. The van der Waals surface area contributed by atoms with Gasteiger partial charge in [0.1, 0.15) is 6.04 Å². The Labute approximate surface area is 130 Å². The van der Waals surface area contributed by atoms with Crippen LogP contribution in [0, 0.1) is 0 Å². The maximum Gasteiger partial charge on any atom is 0.327 e. The second-order valence-electron chi connectivity index (χ2n) is 6.33. The minimum absolute atomic E-state index is 0.406. The first-order valence-corrected chi connectivity index (χ1v) is 7.60. The van der Waals surface area contributed by atoms with Crippen molar-refractivity contribution in [1.82, 2.24) is 9.47 Å². The lowest BCUT2D eigenvalue weighted by atomic mass is 10.0. The summed E-state index contributed by atoms with van der Waals surface area (Å²) >= 11 is 0. The van der Waals surface area contributed by atoms with E-state index in [4.69, 9.17) is 10.5 Å². The second kappa shape index (κ2) is 5.41. The number of esters is 1. The SMILES string of the molecule is COC(=O)C(N)c1cn(C)c2cc3c(cc12)CN(C(C)C)C3. The summed E-state index contributed by atoms with van der Waals surface area (Å²) in [5.74, 6) is -0.406. The molecule has 1 atom stereocenters. The number of fused-ring (bicyclic) bond motifs is 2. The molecule has 0 amide bonds. The first kappa shape index (κ1) is 15.1. The number of benzene rings is 1. The molecule has 2 aromatic rings. The number of ether oxygens (including phenoxy) is 1. The van der Waals surface area contributed by atoms with Crippen LogP contribution in [0.4, 0.5) is 0 Å². The van der Waals surface area contributed by atoms with Crippen LogP contribution in [0.1, 0.15) is 36.6 Å². The highest BCUT2D eigenvalue weighted by molar-refractivity contribution is 5.91. The molecule has 5 heteroatoms. The Kier molecular flexibility index (Phi) is 3.70. The van der Waals surface area contributed by atoms with Crippen molar-refractivity contribution in [3.63, 3.8) is 0 Å². The molecule has 2 N–H and O–H groups in total. The number of hydrogen-bond acceptors (Lipinski definition) is 4. The van der Waals surface area contributed by atoms with Gasteiger partial charge in [-0.25, -0.2) is 0 Å². The summed E-state index contributed by atoms with van der Waals surface area (Å²) in [6, 6.07) is 4.19. The Bertz CT molecular complexity index is 733. The summed E-state index contributed by atoms with van der Waals surface area (Å²) in [5.41, 5.74) is 10.7. The lowest BCUT2D eigenvalue weighted by molar-refractivity contribution is -0.142. The minimum Gasteiger partial charge on any atom is -0.468 e. The molecule has 1 aliphatic heterocycles. The van der Waals surface area contributed by atoms with Gasteiger partial charge in [-0.15, -0.1) is 0 Å². The van der Waals surface area contributed by atoms with Crippen molar-refractivity contribution in [2.24, 2.45) is 12.8 Å². The summed E-state index contributed by atoms with van der Waals surface area (Å²) in [6.07, 6.45) is 1.93. The van der Waals surface area contributed by atoms with E-state index in [1.165, 1.54) is 18.2 Å². The Balaban J connectivity index is 2.08. The first-order chi connectivity index (χ1) is 10.4. The number of carbonyl (C=O) groups is 1. The molecule has 0 spiro atoms. The van der Waals surface area contributed by atoms with E-state index in [0.717, 1.165) is 29.6 Å². The van der Waals surface area contributed by atoms with E-state index in [9.17, 15) is 4.79 Å². The molecule has 1 aromatic carbocycles. The summed E-state index contributed by atoms with van der Waals surface area (Å²) < 4.78 is 6.82. The molecule has 5 nitrogen and oxygen atoms in total. The third-order valence-electron chi connectivity index (χ3n) is 4.61. The highest BCUT2D eigenvalue weighted by atomic mass is 16.5. The summed E-state index contributed by atoms with van der Waals surface area (Å²) in [5, 5.41) is 1.05. The Morgan fingerprint density at radius 3 is 2.50 bits per heavy atom. The number of nitrogens with two attached hydrogens (primary N) is 1. The molecule has 118 valence electrons. The molecule has 2 heterocycles. The van der Waals surface area contributed by atoms with Gasteiger partial charge in [0.05, 0.1) is 7.11 Å². The molecule has 0 saturated carbocycles. The van der Waals surface area contributed by atoms with Crippen LogP contribution in [0.5, 0.6) is 0 Å². The maximum absolute atomic E-state index is 11.8. The summed E-state index contributed by atoms with van der Waals surface area (Å²) in [6.45, 7) is 6.35. The molecule has 0 radical (unpaired) electrons. The van der Waals surface area contributed by atoms with E-state index < -0.39 is 12.0 Å². The van der Waals surface area contributed by atoms with Crippen LogP contribution in [0.3, 0.4) is 0 Å². The lowest BCUT2D eigenvalue weighted by Crippen LogP contribution is -2.24. The van der Waals surface area contributed by atoms with Crippen molar-refractivity contribution in [2.45, 2.75) is 39.0 Å². The second-order valence-corrected chi connectivity index (χ2v) is 6.33. The van der Waals surface area contributed by atoms with Gasteiger partial charge in [-0.3, -0.25) is 9.69 Å². The van der Waals surface area contributed by atoms with Crippen LogP contribution in [-0.4, -0.2) is 28.6 Å². The normalized spacial score (nSPS) is 16.3. The average Bonchev–Trinajstić information content (AvgIpc) is 3.05. The number of nitrogens with zero attached hydrogens (tertiary/aromatic N) is 2. The molecule has 0 aliphatic carbocycles. The van der Waals surface area contributed by atoms with Crippen LogP contribution in [0.25, 0.3) is 10.9 Å². The Morgan fingerprint density at radius 2 is 1.91 bits per heavy atom. The van der Waals surface area contributed by atoms with E-state index >= 15 is 0 Å². The number of hydrogen-bond donors (Lipinski definition) is 1. The Hall–Kier alpha value is -1.85. The highest BCUT2D eigenvalue weighted by Crippen LogP contribution is 2.33. The molecule has 0 saturated heterocycles. The van der Waals surface area contributed by atoms with Crippen LogP contribution >= 0.6 is 0 Å². The van der Waals surface area contributed by atoms with Gasteiger partial charge in [-0.2, -0.15) is 0 Å². The molecule has 1 aromatic heterocycles. The standard InChI is InChI=1S/C17H23N3O2/c1-10(2)20-7-11-5-13-14(16(18)17(21)22-4)9-19(3)15(13)6-12(11)8-20/h5-6,9-10,16H,7-8,18H2,1-4H3.